The van der Waals surface area contributed by atoms with E-state index in [2.05, 4.69) is 92.1 Å². The summed E-state index contributed by atoms with van der Waals surface area (Å²) in [4.78, 5) is 23.2. The van der Waals surface area contributed by atoms with Crippen molar-refractivity contribution >= 4 is 13.7 Å². The second-order valence-corrected chi connectivity index (χ2v) is 22.4. The molecule has 8 nitrogen and oxygen atoms in total. The SMILES string of the molecule is CC/C=C\C/C=C\C/C=C\C/C=C\CCCCCCCCCCCCCCCCCCCCCCCCCCCCC(=O)NC(COP(=O)(O)OCC[N+](C)(C)C)C(O)/C=C/CC/C=C/CC/C=C/CC. The minimum absolute atomic E-state index is 0.0522. The van der Waals surface area contributed by atoms with Crippen molar-refractivity contribution in [2.45, 2.75) is 264 Å². The van der Waals surface area contributed by atoms with Gasteiger partial charge in [0.1, 0.15) is 13.2 Å². The first kappa shape index (κ1) is 68.7. The number of allylic oxidation sites excluding steroid dienone is 13. The Kier molecular flexibility index (Phi) is 50.8. The average molecular weight is 1010 g/mol. The first-order chi connectivity index (χ1) is 34.5. The normalized spacial score (nSPS) is 14.5. The first-order valence-corrected chi connectivity index (χ1v) is 31.0. The van der Waals surface area contributed by atoms with E-state index in [0.717, 1.165) is 77.0 Å². The van der Waals surface area contributed by atoms with Crippen LogP contribution in [-0.4, -0.2) is 73.4 Å². The largest absolute Gasteiger partial charge is 0.472 e. The fourth-order valence-corrected chi connectivity index (χ4v) is 9.05. The molecule has 3 atom stereocenters. The monoisotopic (exact) mass is 1010 g/mol. The highest BCUT2D eigenvalue weighted by Crippen LogP contribution is 2.43. The highest BCUT2D eigenvalue weighted by atomic mass is 31.2. The molecule has 0 saturated carbocycles. The Morgan fingerprint density at radius 1 is 0.479 bits per heavy atom. The Morgan fingerprint density at radius 2 is 0.817 bits per heavy atom. The van der Waals surface area contributed by atoms with Crippen molar-refractivity contribution in [2.24, 2.45) is 0 Å². The number of quaternary nitrogens is 1. The Bertz CT molecular complexity index is 1430. The zero-order chi connectivity index (χ0) is 52.0. The molecule has 0 aliphatic carbocycles. The number of likely N-dealkylation sites (N-methyl/N-ethyl adjacent to an activating group) is 1. The van der Waals surface area contributed by atoms with E-state index in [1.807, 2.05) is 27.2 Å². The van der Waals surface area contributed by atoms with Gasteiger partial charge in [0.2, 0.25) is 5.91 Å². The van der Waals surface area contributed by atoms with Crippen molar-refractivity contribution in [1.82, 2.24) is 5.32 Å². The van der Waals surface area contributed by atoms with Gasteiger partial charge < -0.3 is 19.8 Å². The number of carbonyl (C=O) groups excluding carboxylic acids is 1. The van der Waals surface area contributed by atoms with Crippen LogP contribution in [0.1, 0.15) is 251 Å². The number of hydrogen-bond acceptors (Lipinski definition) is 5. The summed E-state index contributed by atoms with van der Waals surface area (Å²) in [5, 5.41) is 13.8. The van der Waals surface area contributed by atoms with Gasteiger partial charge in [-0.05, 0) is 77.0 Å². The van der Waals surface area contributed by atoms with Crippen molar-refractivity contribution in [2.75, 3.05) is 40.9 Å². The summed E-state index contributed by atoms with van der Waals surface area (Å²) in [5.41, 5.74) is 0. The molecule has 0 bridgehead atoms. The molecule has 0 rings (SSSR count). The van der Waals surface area contributed by atoms with E-state index in [4.69, 9.17) is 9.05 Å². The first-order valence-electron chi connectivity index (χ1n) is 29.5. The topological polar surface area (TPSA) is 105 Å². The molecule has 71 heavy (non-hydrogen) atoms. The van der Waals surface area contributed by atoms with Gasteiger partial charge >= 0.3 is 7.82 Å². The number of carbonyl (C=O) groups is 1. The van der Waals surface area contributed by atoms with Crippen LogP contribution < -0.4 is 5.32 Å². The van der Waals surface area contributed by atoms with Crippen LogP contribution in [0.25, 0.3) is 0 Å². The van der Waals surface area contributed by atoms with Crippen molar-refractivity contribution in [3.05, 3.63) is 85.1 Å². The Labute approximate surface area is 439 Å². The molecule has 0 saturated heterocycles. The van der Waals surface area contributed by atoms with Crippen molar-refractivity contribution in [1.29, 1.82) is 0 Å². The second kappa shape index (κ2) is 52.5. The molecule has 3 unspecified atom stereocenters. The number of rotatable bonds is 53. The minimum Gasteiger partial charge on any atom is -0.387 e. The summed E-state index contributed by atoms with van der Waals surface area (Å²) in [5.74, 6) is -0.192. The minimum atomic E-state index is -4.35. The third-order valence-electron chi connectivity index (χ3n) is 12.8. The van der Waals surface area contributed by atoms with Crippen LogP contribution in [0.2, 0.25) is 0 Å². The highest BCUT2D eigenvalue weighted by Gasteiger charge is 2.27. The van der Waals surface area contributed by atoms with Crippen LogP contribution in [0.5, 0.6) is 0 Å². The van der Waals surface area contributed by atoms with Gasteiger partial charge in [-0.3, -0.25) is 13.8 Å². The lowest BCUT2D eigenvalue weighted by Crippen LogP contribution is -2.45. The van der Waals surface area contributed by atoms with Gasteiger partial charge in [0.15, 0.2) is 0 Å². The van der Waals surface area contributed by atoms with E-state index in [-0.39, 0.29) is 19.1 Å². The molecule has 3 N–H and O–H groups in total. The molecule has 0 fully saturated rings. The predicted octanol–water partition coefficient (Wildman–Crippen LogP) is 18.0. The van der Waals surface area contributed by atoms with E-state index in [1.165, 1.54) is 154 Å². The van der Waals surface area contributed by atoms with Crippen LogP contribution in [0.3, 0.4) is 0 Å². The van der Waals surface area contributed by atoms with Gasteiger partial charge in [0.25, 0.3) is 0 Å². The molecule has 0 aliphatic heterocycles. The van der Waals surface area contributed by atoms with E-state index in [1.54, 1.807) is 6.08 Å². The van der Waals surface area contributed by atoms with E-state index < -0.39 is 20.0 Å². The Morgan fingerprint density at radius 3 is 1.24 bits per heavy atom. The van der Waals surface area contributed by atoms with Crippen LogP contribution in [0.4, 0.5) is 0 Å². The standard InChI is InChI=1S/C62H113N2O6P/c1-6-8-10-12-14-16-18-19-20-21-22-23-24-25-26-27-28-29-30-31-32-33-34-35-36-37-38-39-40-41-42-43-44-45-46-48-50-52-54-56-62(66)63-60(59-70-71(67,68)69-58-57-64(3,4)5)61(65)55-53-51-49-47-17-15-13-11-9-7-2/h8-11,14,16-17,19-20,22-23,47,53,55,60-61,65H,6-7,12-13,15,18,21,24-46,48-52,54,56-59H2,1-5H3,(H-,63,66,67,68)/p+1/b10-8-,11-9+,16-14-,20-19-,23-22-,47-17+,55-53+. The fraction of sp³-hybridized carbons (Fsp3) is 0.758. The lowest BCUT2D eigenvalue weighted by molar-refractivity contribution is -0.870. The van der Waals surface area contributed by atoms with E-state index in [0.29, 0.717) is 17.4 Å². The van der Waals surface area contributed by atoms with Crippen LogP contribution in [0.15, 0.2) is 85.1 Å². The molecule has 0 aromatic heterocycles. The lowest BCUT2D eigenvalue weighted by atomic mass is 10.0. The number of nitrogens with one attached hydrogen (secondary N) is 1. The zero-order valence-corrected chi connectivity index (χ0v) is 47.8. The molecule has 412 valence electrons. The number of aliphatic hydroxyl groups excluding tert-OH is 1. The summed E-state index contributed by atoms with van der Waals surface area (Å²) in [6, 6.07) is -0.869. The fourth-order valence-electron chi connectivity index (χ4n) is 8.31. The molecule has 0 aromatic carbocycles. The van der Waals surface area contributed by atoms with Gasteiger partial charge in [-0.1, -0.05) is 253 Å². The summed E-state index contributed by atoms with van der Waals surface area (Å²) >= 11 is 0. The van der Waals surface area contributed by atoms with Crippen molar-refractivity contribution in [3.63, 3.8) is 0 Å². The number of unbranched alkanes of at least 4 members (excludes halogenated alkanes) is 28. The van der Waals surface area contributed by atoms with Gasteiger partial charge in [0.05, 0.1) is 39.9 Å². The van der Waals surface area contributed by atoms with Crippen molar-refractivity contribution in [3.8, 4) is 0 Å². The number of nitrogens with zero attached hydrogens (tertiary/aromatic N) is 1. The zero-order valence-electron chi connectivity index (χ0n) is 46.9. The molecular formula is C62H114N2O6P+. The summed E-state index contributed by atoms with van der Waals surface area (Å²) in [6.45, 7) is 4.55. The number of phosphoric ester groups is 1. The smallest absolute Gasteiger partial charge is 0.387 e. The average Bonchev–Trinajstić information content (AvgIpc) is 3.33. The third-order valence-corrected chi connectivity index (χ3v) is 13.8. The van der Waals surface area contributed by atoms with Crippen LogP contribution >= 0.6 is 7.82 Å². The molecule has 0 heterocycles. The van der Waals surface area contributed by atoms with E-state index in [9.17, 15) is 19.4 Å². The molecule has 1 amide bonds. The molecule has 0 spiro atoms. The van der Waals surface area contributed by atoms with Gasteiger partial charge in [-0.15, -0.1) is 0 Å². The van der Waals surface area contributed by atoms with Gasteiger partial charge in [-0.2, -0.15) is 0 Å². The summed E-state index contributed by atoms with van der Waals surface area (Å²) in [7, 11) is 1.54. The summed E-state index contributed by atoms with van der Waals surface area (Å²) < 4.78 is 23.6. The molecule has 0 aromatic rings. The Balaban J connectivity index is 3.84. The highest BCUT2D eigenvalue weighted by molar-refractivity contribution is 7.47. The number of amides is 1. The molecular weight excluding hydrogens is 900 g/mol. The van der Waals surface area contributed by atoms with Gasteiger partial charge in [-0.25, -0.2) is 4.57 Å². The quantitative estimate of drug-likeness (QED) is 0.0243. The maximum Gasteiger partial charge on any atom is 0.472 e. The molecule has 9 heteroatoms. The maximum atomic E-state index is 12.9. The lowest BCUT2D eigenvalue weighted by Gasteiger charge is -2.25. The second-order valence-electron chi connectivity index (χ2n) is 20.9. The van der Waals surface area contributed by atoms with Crippen LogP contribution in [0, 0.1) is 0 Å². The maximum absolute atomic E-state index is 12.9. The van der Waals surface area contributed by atoms with Crippen LogP contribution in [-0.2, 0) is 18.4 Å². The van der Waals surface area contributed by atoms with Crippen molar-refractivity contribution < 1.29 is 32.9 Å². The van der Waals surface area contributed by atoms with Gasteiger partial charge in [0, 0.05) is 6.42 Å². The van der Waals surface area contributed by atoms with E-state index >= 15 is 0 Å². The number of hydrogen-bond donors (Lipinski definition) is 3. The third kappa shape index (κ3) is 55.3. The number of phosphoric acid groups is 1. The number of aliphatic hydroxyl groups is 1. The molecule has 0 aliphatic rings. The Hall–Kier alpha value is -2.32. The summed E-state index contributed by atoms with van der Waals surface area (Å²) in [6.07, 6.45) is 74.6. The predicted molar refractivity (Wildman–Crippen MR) is 309 cm³/mol. The molecule has 0 radical (unpaired) electrons.